The van der Waals surface area contributed by atoms with Gasteiger partial charge in [0, 0.05) is 20.2 Å². The van der Waals surface area contributed by atoms with E-state index in [1.54, 1.807) is 32.2 Å². The number of methoxy groups -OCH3 is 1. The fourth-order valence-electron chi connectivity index (χ4n) is 1.46. The molecule has 0 aliphatic rings. The van der Waals surface area contributed by atoms with Crippen LogP contribution in [0.1, 0.15) is 12.5 Å². The highest BCUT2D eigenvalue weighted by molar-refractivity contribution is 7.89. The summed E-state index contributed by atoms with van der Waals surface area (Å²) in [6.45, 7) is 2.56. The molecule has 1 aromatic carbocycles. The van der Waals surface area contributed by atoms with Crippen molar-refractivity contribution < 1.29 is 13.2 Å². The van der Waals surface area contributed by atoms with Crippen molar-refractivity contribution in [3.8, 4) is 0 Å². The van der Waals surface area contributed by atoms with Crippen LogP contribution in [0, 0.1) is 0 Å². The van der Waals surface area contributed by atoms with Crippen molar-refractivity contribution in [1.29, 1.82) is 0 Å². The number of hydrogen-bond donors (Lipinski definition) is 2. The van der Waals surface area contributed by atoms with Crippen LogP contribution < -0.4 is 10.0 Å². The van der Waals surface area contributed by atoms with Crippen LogP contribution in [0.15, 0.2) is 23.1 Å². The van der Waals surface area contributed by atoms with E-state index in [1.165, 1.54) is 7.11 Å². The molecule has 5 nitrogen and oxygen atoms in total. The van der Waals surface area contributed by atoms with Crippen molar-refractivity contribution in [3.05, 3.63) is 28.8 Å². The minimum absolute atomic E-state index is 0.0882. The van der Waals surface area contributed by atoms with Gasteiger partial charge < -0.3 is 10.1 Å². The van der Waals surface area contributed by atoms with Gasteiger partial charge in [-0.2, -0.15) is 0 Å². The van der Waals surface area contributed by atoms with E-state index in [2.05, 4.69) is 10.0 Å². The van der Waals surface area contributed by atoms with Crippen molar-refractivity contribution >= 4 is 21.6 Å². The Bertz CT molecular complexity index is 520. The molecule has 0 aliphatic carbocycles. The van der Waals surface area contributed by atoms with Crippen molar-refractivity contribution in [3.63, 3.8) is 0 Å². The number of ether oxygens (including phenoxy) is 1. The first kappa shape index (κ1) is 16.4. The van der Waals surface area contributed by atoms with E-state index in [1.807, 2.05) is 0 Å². The van der Waals surface area contributed by atoms with Crippen molar-refractivity contribution in [2.75, 3.05) is 20.7 Å². The standard InChI is InChI=1S/C12H19ClN2O3S/c1-9(18-3)7-15-19(16,17)12-6-10(8-14-2)4-5-11(12)13/h4-6,9,14-15H,7-8H2,1-3H3. The topological polar surface area (TPSA) is 67.4 Å². The highest BCUT2D eigenvalue weighted by Crippen LogP contribution is 2.22. The molecule has 0 fully saturated rings. The van der Waals surface area contributed by atoms with Crippen LogP contribution in [-0.4, -0.2) is 35.2 Å². The largest absolute Gasteiger partial charge is 0.380 e. The molecule has 7 heteroatoms. The SMILES string of the molecule is CNCc1ccc(Cl)c(S(=O)(=O)NCC(C)OC)c1. The third-order valence-electron chi connectivity index (χ3n) is 2.63. The third-order valence-corrected chi connectivity index (χ3v) is 4.53. The molecule has 19 heavy (non-hydrogen) atoms. The first-order chi connectivity index (χ1) is 8.90. The van der Waals surface area contributed by atoms with Crippen LogP contribution in [-0.2, 0) is 21.3 Å². The minimum Gasteiger partial charge on any atom is -0.380 e. The Hall–Kier alpha value is -0.660. The molecule has 0 saturated carbocycles. The maximum Gasteiger partial charge on any atom is 0.242 e. The predicted octanol–water partition coefficient (Wildman–Crippen LogP) is 1.37. The van der Waals surface area contributed by atoms with Gasteiger partial charge in [0.25, 0.3) is 0 Å². The smallest absolute Gasteiger partial charge is 0.242 e. The third kappa shape index (κ3) is 4.74. The summed E-state index contributed by atoms with van der Waals surface area (Å²) in [5, 5.41) is 3.17. The zero-order valence-electron chi connectivity index (χ0n) is 11.2. The maximum atomic E-state index is 12.2. The molecule has 1 aromatic rings. The van der Waals surface area contributed by atoms with E-state index in [0.717, 1.165) is 5.56 Å². The first-order valence-electron chi connectivity index (χ1n) is 5.86. The molecule has 108 valence electrons. The van der Waals surface area contributed by atoms with Crippen LogP contribution in [0.3, 0.4) is 0 Å². The second-order valence-corrected chi connectivity index (χ2v) is 6.34. The molecule has 0 heterocycles. The Kier molecular flexibility index (Phi) is 6.22. The number of nitrogens with one attached hydrogen (secondary N) is 2. The minimum atomic E-state index is -3.63. The van der Waals surface area contributed by atoms with Crippen LogP contribution in [0.25, 0.3) is 0 Å². The predicted molar refractivity (Wildman–Crippen MR) is 75.9 cm³/mol. The van der Waals surface area contributed by atoms with E-state index in [9.17, 15) is 8.42 Å². The summed E-state index contributed by atoms with van der Waals surface area (Å²) in [6.07, 6.45) is -0.200. The number of benzene rings is 1. The number of sulfonamides is 1. The molecule has 0 amide bonds. The van der Waals surface area contributed by atoms with E-state index in [4.69, 9.17) is 16.3 Å². The molecule has 2 N–H and O–H groups in total. The summed E-state index contributed by atoms with van der Waals surface area (Å²) >= 11 is 5.96. The zero-order chi connectivity index (χ0) is 14.5. The van der Waals surface area contributed by atoms with E-state index in [0.29, 0.717) is 6.54 Å². The lowest BCUT2D eigenvalue weighted by atomic mass is 10.2. The van der Waals surface area contributed by atoms with E-state index >= 15 is 0 Å². The fourth-order valence-corrected chi connectivity index (χ4v) is 3.12. The summed E-state index contributed by atoms with van der Waals surface area (Å²) in [4.78, 5) is 0.0882. The van der Waals surface area contributed by atoms with Crippen LogP contribution >= 0.6 is 11.6 Å². The van der Waals surface area contributed by atoms with Gasteiger partial charge in [-0.3, -0.25) is 0 Å². The Morgan fingerprint density at radius 2 is 2.11 bits per heavy atom. The highest BCUT2D eigenvalue weighted by Gasteiger charge is 2.19. The Labute approximate surface area is 119 Å². The quantitative estimate of drug-likeness (QED) is 0.798. The molecule has 0 aromatic heterocycles. The van der Waals surface area contributed by atoms with E-state index in [-0.39, 0.29) is 22.6 Å². The van der Waals surface area contributed by atoms with Gasteiger partial charge in [0.2, 0.25) is 10.0 Å². The molecular weight excluding hydrogens is 288 g/mol. The molecule has 1 rings (SSSR count). The number of halogens is 1. The van der Waals surface area contributed by atoms with Crippen LogP contribution in [0.5, 0.6) is 0 Å². The van der Waals surface area contributed by atoms with Crippen LogP contribution in [0.2, 0.25) is 5.02 Å². The van der Waals surface area contributed by atoms with Crippen molar-refractivity contribution in [1.82, 2.24) is 10.0 Å². The van der Waals surface area contributed by atoms with Gasteiger partial charge in [-0.05, 0) is 31.7 Å². The van der Waals surface area contributed by atoms with E-state index < -0.39 is 10.0 Å². The first-order valence-corrected chi connectivity index (χ1v) is 7.72. The monoisotopic (exact) mass is 306 g/mol. The average Bonchev–Trinajstić information content (AvgIpc) is 2.38. The second kappa shape index (κ2) is 7.21. The summed E-state index contributed by atoms with van der Waals surface area (Å²) < 4.78 is 31.8. The average molecular weight is 307 g/mol. The second-order valence-electron chi connectivity index (χ2n) is 4.19. The Morgan fingerprint density at radius 3 is 2.68 bits per heavy atom. The normalized spacial score (nSPS) is 13.5. The van der Waals surface area contributed by atoms with Gasteiger partial charge in [0.1, 0.15) is 4.90 Å². The van der Waals surface area contributed by atoms with Crippen molar-refractivity contribution in [2.24, 2.45) is 0 Å². The summed E-state index contributed by atoms with van der Waals surface area (Å²) in [5.74, 6) is 0. The fraction of sp³-hybridized carbons (Fsp3) is 0.500. The van der Waals surface area contributed by atoms with Crippen molar-refractivity contribution in [2.45, 2.75) is 24.5 Å². The van der Waals surface area contributed by atoms with Gasteiger partial charge in [-0.1, -0.05) is 17.7 Å². The van der Waals surface area contributed by atoms with Gasteiger partial charge in [-0.15, -0.1) is 0 Å². The molecule has 0 bridgehead atoms. The number of rotatable bonds is 7. The van der Waals surface area contributed by atoms with Gasteiger partial charge >= 0.3 is 0 Å². The lowest BCUT2D eigenvalue weighted by Gasteiger charge is -2.13. The Balaban J connectivity index is 2.96. The molecule has 0 saturated heterocycles. The lowest BCUT2D eigenvalue weighted by molar-refractivity contribution is 0.122. The number of hydrogen-bond acceptors (Lipinski definition) is 4. The summed E-state index contributed by atoms with van der Waals surface area (Å²) in [7, 11) is -0.306. The van der Waals surface area contributed by atoms with Crippen LogP contribution in [0.4, 0.5) is 0 Å². The lowest BCUT2D eigenvalue weighted by Crippen LogP contribution is -2.31. The summed E-state index contributed by atoms with van der Waals surface area (Å²) in [6, 6.07) is 4.94. The summed E-state index contributed by atoms with van der Waals surface area (Å²) in [5.41, 5.74) is 0.854. The van der Waals surface area contributed by atoms with Gasteiger partial charge in [0.05, 0.1) is 11.1 Å². The molecule has 1 unspecified atom stereocenters. The molecule has 0 spiro atoms. The van der Waals surface area contributed by atoms with Gasteiger partial charge in [-0.25, -0.2) is 13.1 Å². The Morgan fingerprint density at radius 1 is 1.42 bits per heavy atom. The highest BCUT2D eigenvalue weighted by atomic mass is 35.5. The molecule has 0 radical (unpaired) electrons. The molecular formula is C12H19ClN2O3S. The maximum absolute atomic E-state index is 12.2. The molecule has 0 aliphatic heterocycles. The zero-order valence-corrected chi connectivity index (χ0v) is 12.8. The van der Waals surface area contributed by atoms with Gasteiger partial charge in [0.15, 0.2) is 0 Å². The molecule has 1 atom stereocenters.